The molecule has 0 aromatic heterocycles. The van der Waals surface area contributed by atoms with Crippen molar-refractivity contribution in [3.63, 3.8) is 0 Å². The first-order valence-electron chi connectivity index (χ1n) is 9.47. The molecule has 1 N–H and O–H groups in total. The molecule has 144 valence electrons. The molecule has 5 nitrogen and oxygen atoms in total. The van der Waals surface area contributed by atoms with Crippen molar-refractivity contribution < 1.29 is 13.5 Å². The largest absolute Gasteiger partial charge is 0.395 e. The number of nitrogens with zero attached hydrogens (tertiary/aromatic N) is 2. The highest BCUT2D eigenvalue weighted by Crippen LogP contribution is 2.37. The van der Waals surface area contributed by atoms with Crippen LogP contribution in [0.25, 0.3) is 0 Å². The Bertz CT molecular complexity index is 930. The van der Waals surface area contributed by atoms with Gasteiger partial charge in [0.15, 0.2) is 0 Å². The molecule has 2 aliphatic rings. The van der Waals surface area contributed by atoms with Gasteiger partial charge in [-0.15, -0.1) is 0 Å². The average molecular weight is 387 g/mol. The molecule has 1 fully saturated rings. The van der Waals surface area contributed by atoms with E-state index in [0.717, 1.165) is 37.1 Å². The number of piperidine rings is 1. The first-order chi connectivity index (χ1) is 13.0. The van der Waals surface area contributed by atoms with E-state index in [1.165, 1.54) is 5.56 Å². The molecule has 27 heavy (non-hydrogen) atoms. The second kappa shape index (κ2) is 6.93. The summed E-state index contributed by atoms with van der Waals surface area (Å²) in [6, 6.07) is 15.3. The normalized spacial score (nSPS) is 23.4. The lowest BCUT2D eigenvalue weighted by molar-refractivity contribution is 0.129. The summed E-state index contributed by atoms with van der Waals surface area (Å²) in [5.74, 6) is 0. The van der Waals surface area contributed by atoms with Crippen LogP contribution in [0.4, 0.5) is 5.69 Å². The van der Waals surface area contributed by atoms with Gasteiger partial charge in [-0.05, 0) is 42.5 Å². The molecule has 1 unspecified atom stereocenters. The maximum Gasteiger partial charge on any atom is 0.243 e. The maximum atomic E-state index is 13.4. The van der Waals surface area contributed by atoms with Gasteiger partial charge in [0, 0.05) is 37.8 Å². The maximum absolute atomic E-state index is 13.4. The van der Waals surface area contributed by atoms with Gasteiger partial charge in [0.1, 0.15) is 0 Å². The lowest BCUT2D eigenvalue weighted by atomic mass is 9.75. The van der Waals surface area contributed by atoms with Crippen LogP contribution in [0.2, 0.25) is 0 Å². The summed E-state index contributed by atoms with van der Waals surface area (Å²) in [5, 5.41) is 10.2. The van der Waals surface area contributed by atoms with E-state index in [2.05, 4.69) is 4.90 Å². The van der Waals surface area contributed by atoms with Crippen LogP contribution in [0.3, 0.4) is 0 Å². The van der Waals surface area contributed by atoms with Crippen molar-refractivity contribution in [2.75, 3.05) is 38.2 Å². The third kappa shape index (κ3) is 3.16. The molecule has 0 aliphatic carbocycles. The summed E-state index contributed by atoms with van der Waals surface area (Å²) in [5.41, 5.74) is 2.66. The fraction of sp³-hybridized carbons (Fsp3) is 0.429. The molecular formula is C21H26N2O3S. The number of hydrogen-bond acceptors (Lipinski definition) is 4. The quantitative estimate of drug-likeness (QED) is 0.877. The first kappa shape index (κ1) is 18.5. The number of hydrogen-bond donors (Lipinski definition) is 1. The van der Waals surface area contributed by atoms with E-state index in [4.69, 9.17) is 0 Å². The van der Waals surface area contributed by atoms with Crippen molar-refractivity contribution in [3.05, 3.63) is 59.7 Å². The first-order valence-corrected chi connectivity index (χ1v) is 10.9. The minimum Gasteiger partial charge on any atom is -0.395 e. The molecule has 2 aliphatic heterocycles. The topological polar surface area (TPSA) is 60.9 Å². The van der Waals surface area contributed by atoms with Crippen molar-refractivity contribution >= 4 is 15.7 Å². The van der Waals surface area contributed by atoms with E-state index >= 15 is 0 Å². The van der Waals surface area contributed by atoms with Crippen LogP contribution in [-0.4, -0.2) is 51.1 Å². The Kier molecular flexibility index (Phi) is 4.74. The summed E-state index contributed by atoms with van der Waals surface area (Å²) in [4.78, 5) is 2.45. The standard InChI is InChI=1S/C21H26N2O3S/c1-22-13-10-17-8-9-19(14-20(17)22)27(25,26)23-12-5-11-21(15-23,16-24)18-6-3-2-4-7-18/h2-4,6-9,14,24H,5,10-13,15-16H2,1H3. The van der Waals surface area contributed by atoms with E-state index in [1.54, 1.807) is 16.4 Å². The molecule has 0 bridgehead atoms. The molecule has 0 spiro atoms. The van der Waals surface area contributed by atoms with Crippen molar-refractivity contribution in [3.8, 4) is 0 Å². The summed E-state index contributed by atoms with van der Waals surface area (Å²) >= 11 is 0. The zero-order valence-corrected chi connectivity index (χ0v) is 16.5. The minimum absolute atomic E-state index is 0.0596. The van der Waals surface area contributed by atoms with Gasteiger partial charge in [-0.1, -0.05) is 36.4 Å². The highest BCUT2D eigenvalue weighted by molar-refractivity contribution is 7.89. The Morgan fingerprint density at radius 2 is 1.89 bits per heavy atom. The minimum atomic E-state index is -3.60. The number of aliphatic hydroxyl groups is 1. The number of fused-ring (bicyclic) bond motifs is 1. The third-order valence-electron chi connectivity index (χ3n) is 6.05. The zero-order chi connectivity index (χ0) is 19.1. The lowest BCUT2D eigenvalue weighted by Gasteiger charge is -2.41. The van der Waals surface area contributed by atoms with Crippen LogP contribution in [-0.2, 0) is 21.9 Å². The van der Waals surface area contributed by atoms with Gasteiger partial charge in [0.25, 0.3) is 0 Å². The number of benzene rings is 2. The molecule has 1 atom stereocenters. The Morgan fingerprint density at radius 1 is 1.11 bits per heavy atom. The predicted octanol–water partition coefficient (Wildman–Crippen LogP) is 2.39. The van der Waals surface area contributed by atoms with Crippen LogP contribution in [0, 0.1) is 0 Å². The molecule has 6 heteroatoms. The molecule has 2 heterocycles. The summed E-state index contributed by atoms with van der Waals surface area (Å²) in [6.07, 6.45) is 2.48. The van der Waals surface area contributed by atoms with Gasteiger partial charge in [-0.3, -0.25) is 0 Å². The second-order valence-corrected chi connectivity index (χ2v) is 9.65. The Labute approximate surface area is 161 Å². The van der Waals surface area contributed by atoms with Crippen LogP contribution in [0.5, 0.6) is 0 Å². The fourth-order valence-corrected chi connectivity index (χ4v) is 5.96. The van der Waals surface area contributed by atoms with E-state index in [-0.39, 0.29) is 6.61 Å². The molecular weight excluding hydrogens is 360 g/mol. The van der Waals surface area contributed by atoms with Gasteiger partial charge in [-0.2, -0.15) is 4.31 Å². The van der Waals surface area contributed by atoms with E-state index < -0.39 is 15.4 Å². The molecule has 2 aromatic rings. The van der Waals surface area contributed by atoms with Gasteiger partial charge in [-0.25, -0.2) is 8.42 Å². The molecule has 2 aromatic carbocycles. The van der Waals surface area contributed by atoms with E-state index in [1.807, 2.05) is 43.4 Å². The number of likely N-dealkylation sites (N-methyl/N-ethyl adjacent to an activating group) is 1. The van der Waals surface area contributed by atoms with Crippen LogP contribution in [0.15, 0.2) is 53.4 Å². The number of aliphatic hydroxyl groups excluding tert-OH is 1. The third-order valence-corrected chi connectivity index (χ3v) is 7.89. The molecule has 0 amide bonds. The summed E-state index contributed by atoms with van der Waals surface area (Å²) < 4.78 is 28.3. The fourth-order valence-electron chi connectivity index (χ4n) is 4.37. The van der Waals surface area contributed by atoms with Crippen molar-refractivity contribution in [2.24, 2.45) is 0 Å². The summed E-state index contributed by atoms with van der Waals surface area (Å²) in [6.45, 7) is 1.66. The Balaban J connectivity index is 1.67. The van der Waals surface area contributed by atoms with E-state index in [9.17, 15) is 13.5 Å². The molecule has 0 saturated carbocycles. The number of anilines is 1. The van der Waals surface area contributed by atoms with E-state index in [0.29, 0.717) is 18.0 Å². The Hall–Kier alpha value is -1.89. The van der Waals surface area contributed by atoms with Gasteiger partial charge in [0.05, 0.1) is 11.5 Å². The summed E-state index contributed by atoms with van der Waals surface area (Å²) in [7, 11) is -1.61. The van der Waals surface area contributed by atoms with Crippen LogP contribution < -0.4 is 4.90 Å². The Morgan fingerprint density at radius 3 is 2.63 bits per heavy atom. The highest BCUT2D eigenvalue weighted by Gasteiger charge is 2.41. The second-order valence-electron chi connectivity index (χ2n) is 7.71. The molecule has 4 rings (SSSR count). The number of rotatable bonds is 4. The van der Waals surface area contributed by atoms with Crippen LogP contribution >= 0.6 is 0 Å². The number of sulfonamides is 1. The van der Waals surface area contributed by atoms with Crippen LogP contribution in [0.1, 0.15) is 24.0 Å². The van der Waals surface area contributed by atoms with Crippen molar-refractivity contribution in [1.29, 1.82) is 0 Å². The SMILES string of the molecule is CN1CCc2ccc(S(=O)(=O)N3CCCC(CO)(c4ccccc4)C3)cc21. The highest BCUT2D eigenvalue weighted by atomic mass is 32.2. The monoisotopic (exact) mass is 386 g/mol. The van der Waals surface area contributed by atoms with Gasteiger partial charge < -0.3 is 10.0 Å². The lowest BCUT2D eigenvalue weighted by Crippen LogP contribution is -2.50. The van der Waals surface area contributed by atoms with Gasteiger partial charge >= 0.3 is 0 Å². The van der Waals surface area contributed by atoms with Gasteiger partial charge in [0.2, 0.25) is 10.0 Å². The zero-order valence-electron chi connectivity index (χ0n) is 15.6. The average Bonchev–Trinajstić information content (AvgIpc) is 3.09. The smallest absolute Gasteiger partial charge is 0.243 e. The predicted molar refractivity (Wildman–Crippen MR) is 107 cm³/mol. The van der Waals surface area contributed by atoms with Crippen molar-refractivity contribution in [2.45, 2.75) is 29.6 Å². The molecule has 1 saturated heterocycles. The van der Waals surface area contributed by atoms with Crippen molar-refractivity contribution in [1.82, 2.24) is 4.31 Å². The molecule has 0 radical (unpaired) electrons.